The molecule has 0 amide bonds. The van der Waals surface area contributed by atoms with Gasteiger partial charge in [-0.3, -0.25) is 0 Å². The van der Waals surface area contributed by atoms with Gasteiger partial charge in [0.05, 0.1) is 13.5 Å². The van der Waals surface area contributed by atoms with Crippen LogP contribution in [-0.2, 0) is 5.92 Å². The summed E-state index contributed by atoms with van der Waals surface area (Å²) >= 11 is 0. The topological polar surface area (TPSA) is 13.6 Å². The zero-order valence-electron chi connectivity index (χ0n) is 8.34. The minimum absolute atomic E-state index is 0.106. The molecule has 1 aromatic rings. The van der Waals surface area contributed by atoms with E-state index >= 15 is 0 Å². The van der Waals surface area contributed by atoms with E-state index in [9.17, 15) is 8.78 Å². The molecule has 0 heterocycles. The van der Waals surface area contributed by atoms with E-state index in [4.69, 9.17) is 11.3 Å². The summed E-state index contributed by atoms with van der Waals surface area (Å²) in [6.07, 6.45) is -0.455. The zero-order chi connectivity index (χ0) is 11.3. The van der Waals surface area contributed by atoms with Gasteiger partial charge < -0.3 is 9.58 Å². The molecule has 1 rings (SSSR count). The molecule has 0 bridgehead atoms. The lowest BCUT2D eigenvalue weighted by molar-refractivity contribution is -0.00910. The van der Waals surface area contributed by atoms with E-state index in [0.29, 0.717) is 5.75 Å². The highest BCUT2D eigenvalue weighted by atomic mass is 19.3. The van der Waals surface area contributed by atoms with Crippen LogP contribution >= 0.6 is 0 Å². The Hall–Kier alpha value is -1.63. The molecule has 0 aliphatic heterocycles. The van der Waals surface area contributed by atoms with Crippen molar-refractivity contribution in [2.45, 2.75) is 12.3 Å². The van der Waals surface area contributed by atoms with Gasteiger partial charge in [-0.1, -0.05) is 12.1 Å². The van der Waals surface area contributed by atoms with Crippen LogP contribution in [0.5, 0.6) is 5.75 Å². The molecule has 0 N–H and O–H groups in total. The van der Waals surface area contributed by atoms with E-state index < -0.39 is 12.3 Å². The molecule has 0 aliphatic carbocycles. The highest BCUT2D eigenvalue weighted by Crippen LogP contribution is 2.33. The number of nitrogens with zero attached hydrogens (tertiary/aromatic N) is 1. The maximum atomic E-state index is 13.5. The van der Waals surface area contributed by atoms with E-state index in [2.05, 4.69) is 4.85 Å². The fraction of sp³-hybridized carbons (Fsp3) is 0.364. The van der Waals surface area contributed by atoms with Crippen molar-refractivity contribution in [2.24, 2.45) is 0 Å². The largest absolute Gasteiger partial charge is 0.497 e. The Balaban J connectivity index is 2.89. The van der Waals surface area contributed by atoms with Gasteiger partial charge in [-0.15, -0.1) is 0 Å². The molecule has 2 nitrogen and oxygen atoms in total. The second kappa shape index (κ2) is 4.74. The minimum atomic E-state index is -2.96. The van der Waals surface area contributed by atoms with Gasteiger partial charge in [0.1, 0.15) is 5.75 Å². The molecule has 4 heteroatoms. The molecular weight excluding hydrogens is 200 g/mol. The average Bonchev–Trinajstić information content (AvgIpc) is 2.26. The molecule has 0 saturated carbocycles. The van der Waals surface area contributed by atoms with Gasteiger partial charge in [0.25, 0.3) is 5.92 Å². The molecule has 0 aromatic heterocycles. The molecule has 0 spiro atoms. The molecule has 0 radical (unpaired) electrons. The number of ether oxygens (including phenoxy) is 1. The van der Waals surface area contributed by atoms with Crippen LogP contribution in [0.4, 0.5) is 8.78 Å². The second-order valence-electron chi connectivity index (χ2n) is 3.07. The van der Waals surface area contributed by atoms with Gasteiger partial charge in [0, 0.05) is 5.56 Å². The fourth-order valence-corrected chi connectivity index (χ4v) is 1.19. The lowest BCUT2D eigenvalue weighted by atomic mass is 10.1. The second-order valence-corrected chi connectivity index (χ2v) is 3.07. The molecule has 1 aromatic carbocycles. The summed E-state index contributed by atoms with van der Waals surface area (Å²) in [5.74, 6) is -2.56. The van der Waals surface area contributed by atoms with Crippen LogP contribution < -0.4 is 4.74 Å². The van der Waals surface area contributed by atoms with E-state index in [0.717, 1.165) is 0 Å². The highest BCUT2D eigenvalue weighted by Gasteiger charge is 2.32. The number of hydrogen-bond acceptors (Lipinski definition) is 1. The summed E-state index contributed by atoms with van der Waals surface area (Å²) in [6, 6.07) is 5.75. The Labute approximate surface area is 87.3 Å². The van der Waals surface area contributed by atoms with Gasteiger partial charge in [-0.2, -0.15) is 0 Å². The third-order valence-corrected chi connectivity index (χ3v) is 2.03. The first-order chi connectivity index (χ1) is 7.10. The number of methoxy groups -OCH3 is 1. The van der Waals surface area contributed by atoms with Crippen LogP contribution in [0.25, 0.3) is 4.85 Å². The quantitative estimate of drug-likeness (QED) is 0.698. The maximum Gasteiger partial charge on any atom is 0.280 e. The fourth-order valence-electron chi connectivity index (χ4n) is 1.19. The summed E-state index contributed by atoms with van der Waals surface area (Å²) in [6.45, 7) is 6.31. The van der Waals surface area contributed by atoms with Crippen molar-refractivity contribution in [3.8, 4) is 5.75 Å². The van der Waals surface area contributed by atoms with Crippen LogP contribution in [0.15, 0.2) is 24.3 Å². The summed E-state index contributed by atoms with van der Waals surface area (Å²) in [5, 5.41) is 0. The number of halogens is 2. The lowest BCUT2D eigenvalue weighted by Crippen LogP contribution is -2.14. The van der Waals surface area contributed by atoms with E-state index in [1.165, 1.54) is 25.3 Å². The lowest BCUT2D eigenvalue weighted by Gasteiger charge is -2.14. The van der Waals surface area contributed by atoms with Gasteiger partial charge >= 0.3 is 0 Å². The summed E-state index contributed by atoms with van der Waals surface area (Å²) < 4.78 is 31.8. The summed E-state index contributed by atoms with van der Waals surface area (Å²) in [4.78, 5) is 2.93. The van der Waals surface area contributed by atoms with E-state index in [1.807, 2.05) is 0 Å². The van der Waals surface area contributed by atoms with Crippen molar-refractivity contribution < 1.29 is 13.5 Å². The first-order valence-electron chi connectivity index (χ1n) is 4.46. The highest BCUT2D eigenvalue weighted by molar-refractivity contribution is 5.31. The Bertz CT molecular complexity index is 371. The molecule has 0 unspecified atom stereocenters. The van der Waals surface area contributed by atoms with Crippen LogP contribution in [0.3, 0.4) is 0 Å². The molecule has 0 fully saturated rings. The number of alkyl halides is 2. The van der Waals surface area contributed by atoms with Crippen LogP contribution in [0.1, 0.15) is 12.0 Å². The van der Waals surface area contributed by atoms with Crippen molar-refractivity contribution >= 4 is 0 Å². The third-order valence-electron chi connectivity index (χ3n) is 2.03. The first kappa shape index (κ1) is 11.4. The van der Waals surface area contributed by atoms with Gasteiger partial charge in [-0.05, 0) is 12.1 Å². The van der Waals surface area contributed by atoms with Crippen molar-refractivity contribution in [2.75, 3.05) is 13.7 Å². The number of hydrogen-bond donors (Lipinski definition) is 0. The monoisotopic (exact) mass is 211 g/mol. The number of rotatable bonds is 4. The predicted molar refractivity (Wildman–Crippen MR) is 53.0 cm³/mol. The van der Waals surface area contributed by atoms with Crippen LogP contribution in [-0.4, -0.2) is 13.7 Å². The van der Waals surface area contributed by atoms with E-state index in [-0.39, 0.29) is 12.1 Å². The SMILES string of the molecule is [C-]#[N+]CCC(F)(F)c1cccc(OC)c1. The van der Waals surface area contributed by atoms with Crippen molar-refractivity contribution in [3.63, 3.8) is 0 Å². The molecule has 0 atom stereocenters. The average molecular weight is 211 g/mol. The van der Waals surface area contributed by atoms with Crippen LogP contribution in [0, 0.1) is 6.57 Å². The molecule has 0 saturated heterocycles. The summed E-state index contributed by atoms with van der Waals surface area (Å²) in [5.41, 5.74) is -0.106. The Morgan fingerprint density at radius 2 is 2.20 bits per heavy atom. The molecule has 0 aliphatic rings. The Morgan fingerprint density at radius 3 is 2.80 bits per heavy atom. The molecule has 15 heavy (non-hydrogen) atoms. The Kier molecular flexibility index (Phi) is 3.62. The number of benzene rings is 1. The normalized spacial score (nSPS) is 10.8. The first-order valence-corrected chi connectivity index (χ1v) is 4.46. The van der Waals surface area contributed by atoms with Gasteiger partial charge in [0.2, 0.25) is 6.54 Å². The van der Waals surface area contributed by atoms with Gasteiger partial charge in [-0.25, -0.2) is 15.4 Å². The van der Waals surface area contributed by atoms with E-state index in [1.54, 1.807) is 6.07 Å². The minimum Gasteiger partial charge on any atom is -0.497 e. The standard InChI is InChI=1S/C11H11F2NO/c1-14-7-6-11(12,13)9-4-3-5-10(8-9)15-2/h3-5,8H,6-7H2,2H3. The Morgan fingerprint density at radius 1 is 1.47 bits per heavy atom. The van der Waals surface area contributed by atoms with Crippen LogP contribution in [0.2, 0.25) is 0 Å². The smallest absolute Gasteiger partial charge is 0.280 e. The summed E-state index contributed by atoms with van der Waals surface area (Å²) in [7, 11) is 1.43. The molecular formula is C11H11F2NO. The van der Waals surface area contributed by atoms with Gasteiger partial charge in [0.15, 0.2) is 0 Å². The predicted octanol–water partition coefficient (Wildman–Crippen LogP) is 3.10. The van der Waals surface area contributed by atoms with Crippen molar-refractivity contribution in [3.05, 3.63) is 41.2 Å². The maximum absolute atomic E-state index is 13.5. The zero-order valence-corrected chi connectivity index (χ0v) is 8.34. The van der Waals surface area contributed by atoms with Crippen molar-refractivity contribution in [1.29, 1.82) is 0 Å². The third kappa shape index (κ3) is 2.91. The van der Waals surface area contributed by atoms with Crippen molar-refractivity contribution in [1.82, 2.24) is 0 Å². The molecule has 80 valence electrons.